The third-order valence-electron chi connectivity index (χ3n) is 8.72. The van der Waals surface area contributed by atoms with Crippen molar-refractivity contribution in [2.45, 2.75) is 38.0 Å². The lowest BCUT2D eigenvalue weighted by Crippen LogP contribution is -2.52. The number of piperidine rings is 1. The van der Waals surface area contributed by atoms with Crippen LogP contribution in [0.5, 0.6) is 11.5 Å². The molecule has 3 aromatic rings. The predicted molar refractivity (Wildman–Crippen MR) is 157 cm³/mol. The fraction of sp³-hybridized carbons (Fsp3) is 0.364. The average Bonchev–Trinajstić information content (AvgIpc) is 3.33. The molecule has 0 saturated carbocycles. The van der Waals surface area contributed by atoms with E-state index in [2.05, 4.69) is 39.4 Å². The number of imide groups is 1. The Morgan fingerprint density at radius 3 is 2.05 bits per heavy atom. The number of nitrogens with one attached hydrogen (secondary N) is 1. The Morgan fingerprint density at radius 1 is 0.884 bits per heavy atom. The molecular formula is C33H35FN4O5. The van der Waals surface area contributed by atoms with Crippen molar-refractivity contribution in [3.05, 3.63) is 94.3 Å². The number of hydrogen-bond donors (Lipinski definition) is 1. The van der Waals surface area contributed by atoms with Gasteiger partial charge >= 0.3 is 0 Å². The normalized spacial score (nSPS) is 19.5. The Morgan fingerprint density at radius 2 is 1.49 bits per heavy atom. The van der Waals surface area contributed by atoms with E-state index >= 15 is 4.39 Å². The number of ether oxygens (including phenoxy) is 2. The van der Waals surface area contributed by atoms with Crippen molar-refractivity contribution in [1.82, 2.24) is 20.0 Å². The molecule has 3 heterocycles. The van der Waals surface area contributed by atoms with Crippen LogP contribution in [0.3, 0.4) is 0 Å². The number of piperazine rings is 1. The fourth-order valence-electron chi connectivity index (χ4n) is 6.37. The molecule has 10 heteroatoms. The smallest absolute Gasteiger partial charge is 0.255 e. The minimum atomic E-state index is -0.721. The monoisotopic (exact) mass is 586 g/mol. The van der Waals surface area contributed by atoms with Gasteiger partial charge in [0.2, 0.25) is 11.8 Å². The first-order valence-electron chi connectivity index (χ1n) is 14.5. The Labute approximate surface area is 250 Å². The van der Waals surface area contributed by atoms with E-state index in [0.717, 1.165) is 48.8 Å². The van der Waals surface area contributed by atoms with E-state index in [9.17, 15) is 14.4 Å². The van der Waals surface area contributed by atoms with Gasteiger partial charge in [-0.25, -0.2) is 4.39 Å². The van der Waals surface area contributed by atoms with Crippen molar-refractivity contribution in [3.8, 4) is 11.5 Å². The Balaban J connectivity index is 1.15. The van der Waals surface area contributed by atoms with Crippen LogP contribution in [0.2, 0.25) is 0 Å². The molecule has 0 aliphatic carbocycles. The van der Waals surface area contributed by atoms with Crippen LogP contribution in [0.25, 0.3) is 0 Å². The number of fused-ring (bicyclic) bond motifs is 1. The molecule has 1 unspecified atom stereocenters. The van der Waals surface area contributed by atoms with Crippen molar-refractivity contribution in [1.29, 1.82) is 0 Å². The fourth-order valence-corrected chi connectivity index (χ4v) is 6.37. The Hall–Kier alpha value is -4.28. The summed E-state index contributed by atoms with van der Waals surface area (Å²) in [6, 6.07) is 18.7. The third-order valence-corrected chi connectivity index (χ3v) is 8.72. The van der Waals surface area contributed by atoms with Crippen LogP contribution < -0.4 is 14.8 Å². The zero-order chi connectivity index (χ0) is 30.1. The molecule has 0 spiro atoms. The van der Waals surface area contributed by atoms with E-state index < -0.39 is 17.8 Å². The number of amides is 3. The summed E-state index contributed by atoms with van der Waals surface area (Å²) in [6.45, 7) is 3.73. The minimum Gasteiger partial charge on any atom is -0.497 e. The van der Waals surface area contributed by atoms with Gasteiger partial charge in [0.1, 0.15) is 23.4 Å². The van der Waals surface area contributed by atoms with Crippen LogP contribution in [0.1, 0.15) is 51.5 Å². The van der Waals surface area contributed by atoms with Crippen LogP contribution in [0.15, 0.2) is 60.7 Å². The van der Waals surface area contributed by atoms with Gasteiger partial charge in [0.25, 0.3) is 5.91 Å². The molecule has 6 rings (SSSR count). The summed E-state index contributed by atoms with van der Waals surface area (Å²) in [7, 11) is 3.32. The van der Waals surface area contributed by atoms with Crippen LogP contribution in [0, 0.1) is 5.82 Å². The quantitative estimate of drug-likeness (QED) is 0.404. The molecule has 1 N–H and O–H groups in total. The number of nitrogens with zero attached hydrogens (tertiary/aromatic N) is 3. The Bertz CT molecular complexity index is 1470. The highest BCUT2D eigenvalue weighted by Crippen LogP contribution is 2.33. The molecule has 3 aromatic carbocycles. The molecule has 2 saturated heterocycles. The Kier molecular flexibility index (Phi) is 8.14. The van der Waals surface area contributed by atoms with E-state index in [1.807, 2.05) is 24.3 Å². The van der Waals surface area contributed by atoms with Gasteiger partial charge in [-0.1, -0.05) is 24.3 Å². The lowest BCUT2D eigenvalue weighted by atomic mass is 9.96. The molecule has 0 aromatic heterocycles. The van der Waals surface area contributed by atoms with Crippen molar-refractivity contribution >= 4 is 17.7 Å². The molecule has 2 fully saturated rings. The van der Waals surface area contributed by atoms with Crippen molar-refractivity contribution < 1.29 is 28.2 Å². The first-order valence-corrected chi connectivity index (χ1v) is 14.5. The molecule has 43 heavy (non-hydrogen) atoms. The molecule has 3 aliphatic rings. The maximum Gasteiger partial charge on any atom is 0.255 e. The standard InChI is InChI=1S/C33H35FN4O5/c1-42-25-7-3-21(4-8-25)31(22-5-9-26(43-2)10-6-22)37-15-13-36(14-16-37)19-24-17-23-20-38(33(41)27(23)18-28(24)34)29-11-12-30(39)35-32(29)40/h3-10,17-18,29,31H,11-16,19-20H2,1-2H3,(H,35,39,40). The average molecular weight is 587 g/mol. The SMILES string of the molecule is COc1ccc(C(c2ccc(OC)cc2)N2CCN(Cc3cc4c(cc3F)C(=O)N(C3CCC(=O)NC3=O)C4)CC2)cc1. The van der Waals surface area contributed by atoms with E-state index in [0.29, 0.717) is 17.7 Å². The highest BCUT2D eigenvalue weighted by Gasteiger charge is 2.39. The second-order valence-electron chi connectivity index (χ2n) is 11.3. The molecule has 1 atom stereocenters. The van der Waals surface area contributed by atoms with Gasteiger partial charge in [-0.15, -0.1) is 0 Å². The number of carbonyl (C=O) groups is 3. The first-order chi connectivity index (χ1) is 20.8. The van der Waals surface area contributed by atoms with Gasteiger partial charge in [-0.05, 0) is 59.5 Å². The van der Waals surface area contributed by atoms with Crippen molar-refractivity contribution in [3.63, 3.8) is 0 Å². The first kappa shape index (κ1) is 28.8. The van der Waals surface area contributed by atoms with Crippen molar-refractivity contribution in [2.24, 2.45) is 0 Å². The number of halogens is 1. The van der Waals surface area contributed by atoms with Gasteiger partial charge in [0.15, 0.2) is 0 Å². The van der Waals surface area contributed by atoms with E-state index in [4.69, 9.17) is 9.47 Å². The zero-order valence-corrected chi connectivity index (χ0v) is 24.3. The van der Waals surface area contributed by atoms with Crippen LogP contribution in [-0.4, -0.2) is 78.9 Å². The maximum atomic E-state index is 15.3. The van der Waals surface area contributed by atoms with E-state index in [1.54, 1.807) is 20.3 Å². The largest absolute Gasteiger partial charge is 0.497 e. The summed E-state index contributed by atoms with van der Waals surface area (Å²) < 4.78 is 26.0. The lowest BCUT2D eigenvalue weighted by Gasteiger charge is -2.40. The van der Waals surface area contributed by atoms with Gasteiger partial charge in [-0.2, -0.15) is 0 Å². The number of benzene rings is 3. The summed E-state index contributed by atoms with van der Waals surface area (Å²) in [5.74, 6) is 0.0121. The van der Waals surface area contributed by atoms with Crippen LogP contribution >= 0.6 is 0 Å². The molecule has 224 valence electrons. The van der Waals surface area contributed by atoms with Crippen molar-refractivity contribution in [2.75, 3.05) is 40.4 Å². The number of hydrogen-bond acceptors (Lipinski definition) is 7. The highest BCUT2D eigenvalue weighted by atomic mass is 19.1. The zero-order valence-electron chi connectivity index (χ0n) is 24.3. The molecule has 0 bridgehead atoms. The van der Waals surface area contributed by atoms with E-state index in [-0.39, 0.29) is 42.8 Å². The summed E-state index contributed by atoms with van der Waals surface area (Å²) >= 11 is 0. The molecule has 9 nitrogen and oxygen atoms in total. The van der Waals surface area contributed by atoms with E-state index in [1.165, 1.54) is 11.0 Å². The highest BCUT2D eigenvalue weighted by molar-refractivity contribution is 6.05. The van der Waals surface area contributed by atoms with Gasteiger partial charge < -0.3 is 14.4 Å². The molecule has 3 amide bonds. The van der Waals surface area contributed by atoms with Crippen LogP contribution in [0.4, 0.5) is 4.39 Å². The topological polar surface area (TPSA) is 91.4 Å². The number of rotatable bonds is 8. The lowest BCUT2D eigenvalue weighted by molar-refractivity contribution is -0.136. The predicted octanol–water partition coefficient (Wildman–Crippen LogP) is 3.51. The summed E-state index contributed by atoms with van der Waals surface area (Å²) in [4.78, 5) is 43.1. The molecular weight excluding hydrogens is 551 g/mol. The van der Waals surface area contributed by atoms with Gasteiger partial charge in [0.05, 0.1) is 20.3 Å². The second kappa shape index (κ2) is 12.1. The van der Waals surface area contributed by atoms with Crippen LogP contribution in [-0.2, 0) is 22.7 Å². The third kappa shape index (κ3) is 5.85. The number of carbonyl (C=O) groups excluding carboxylic acids is 3. The summed E-state index contributed by atoms with van der Waals surface area (Å²) in [5.41, 5.74) is 3.86. The molecule has 3 aliphatic heterocycles. The minimum absolute atomic E-state index is 0.0416. The second-order valence-corrected chi connectivity index (χ2v) is 11.3. The summed E-state index contributed by atoms with van der Waals surface area (Å²) in [6.07, 6.45) is 0.456. The number of methoxy groups -OCH3 is 2. The van der Waals surface area contributed by atoms with Gasteiger partial charge in [-0.3, -0.25) is 29.5 Å². The molecule has 0 radical (unpaired) electrons. The summed E-state index contributed by atoms with van der Waals surface area (Å²) in [5, 5.41) is 2.31. The van der Waals surface area contributed by atoms with Gasteiger partial charge in [0, 0.05) is 56.8 Å². The maximum absolute atomic E-state index is 15.3.